The Balaban J connectivity index is 4.83. The van der Waals surface area contributed by atoms with Crippen molar-refractivity contribution >= 4 is 23.9 Å². The van der Waals surface area contributed by atoms with E-state index >= 15 is 0 Å². The van der Waals surface area contributed by atoms with Gasteiger partial charge < -0.3 is 25.8 Å². The molecule has 0 heterocycles. The summed E-state index contributed by atoms with van der Waals surface area (Å²) in [5.41, 5.74) is 4.92. The van der Waals surface area contributed by atoms with Gasteiger partial charge in [0.1, 0.15) is 12.6 Å². The lowest BCUT2D eigenvalue weighted by Crippen LogP contribution is -2.52. The van der Waals surface area contributed by atoms with Gasteiger partial charge in [-0.15, -0.1) is 0 Å². The molecule has 3 amide bonds. The van der Waals surface area contributed by atoms with Crippen molar-refractivity contribution < 1.29 is 29.0 Å². The Morgan fingerprint density at radius 2 is 1.86 bits per heavy atom. The number of carbonyl (C=O) groups is 4. The number of hydrogen-bond acceptors (Lipinski definition) is 5. The van der Waals surface area contributed by atoms with Crippen LogP contribution in [0.1, 0.15) is 27.2 Å². The topological polar surface area (TPSA) is 139 Å². The number of primary amides is 1. The predicted molar refractivity (Wildman–Crippen MR) is 72.2 cm³/mol. The lowest BCUT2D eigenvalue weighted by molar-refractivity contribution is -0.144. The molecule has 0 aromatic carbocycles. The first-order valence-corrected chi connectivity index (χ1v) is 6.42. The molecule has 0 aromatic rings. The summed E-state index contributed by atoms with van der Waals surface area (Å²) in [5.74, 6) is -2.85. The third-order valence-corrected chi connectivity index (χ3v) is 2.49. The van der Waals surface area contributed by atoms with E-state index in [2.05, 4.69) is 5.32 Å². The number of rotatable bonds is 8. The van der Waals surface area contributed by atoms with Gasteiger partial charge >= 0.3 is 18.0 Å². The van der Waals surface area contributed by atoms with Gasteiger partial charge in [-0.3, -0.25) is 9.59 Å². The molecule has 0 spiro atoms. The van der Waals surface area contributed by atoms with Gasteiger partial charge in [-0.1, -0.05) is 0 Å². The smallest absolute Gasteiger partial charge is 0.326 e. The Hall–Kier alpha value is -2.32. The number of esters is 1. The second-order valence-electron chi connectivity index (χ2n) is 4.54. The highest BCUT2D eigenvalue weighted by Gasteiger charge is 2.27. The van der Waals surface area contributed by atoms with Crippen LogP contribution in [0.25, 0.3) is 0 Å². The van der Waals surface area contributed by atoms with E-state index < -0.39 is 36.3 Å². The molecule has 0 aliphatic heterocycles. The van der Waals surface area contributed by atoms with E-state index in [4.69, 9.17) is 15.6 Å². The predicted octanol–water partition coefficient (Wildman–Crippen LogP) is -0.702. The number of ether oxygens (including phenoxy) is 1. The van der Waals surface area contributed by atoms with Crippen LogP contribution in [0.5, 0.6) is 0 Å². The van der Waals surface area contributed by atoms with Crippen molar-refractivity contribution in [2.24, 2.45) is 5.73 Å². The molecule has 0 bridgehead atoms. The number of nitrogens with two attached hydrogens (primary N) is 1. The number of carbonyl (C=O) groups excluding carboxylic acids is 3. The van der Waals surface area contributed by atoms with E-state index in [1.54, 1.807) is 20.8 Å². The molecule has 1 atom stereocenters. The van der Waals surface area contributed by atoms with Gasteiger partial charge in [0, 0.05) is 6.04 Å². The Morgan fingerprint density at radius 1 is 1.29 bits per heavy atom. The van der Waals surface area contributed by atoms with Crippen LogP contribution in [-0.4, -0.2) is 59.1 Å². The lowest BCUT2D eigenvalue weighted by Gasteiger charge is -2.27. The Morgan fingerprint density at radius 3 is 2.24 bits per heavy atom. The van der Waals surface area contributed by atoms with Crippen LogP contribution in [-0.2, 0) is 19.1 Å². The normalized spacial score (nSPS) is 11.6. The number of amides is 3. The van der Waals surface area contributed by atoms with Crippen LogP contribution in [0.15, 0.2) is 0 Å². The maximum absolute atomic E-state index is 12.0. The molecule has 9 heteroatoms. The number of urea groups is 1. The zero-order valence-corrected chi connectivity index (χ0v) is 12.3. The number of nitrogens with zero attached hydrogens (tertiary/aromatic N) is 1. The number of nitrogens with one attached hydrogen (secondary N) is 1. The Bertz CT molecular complexity index is 410. The average molecular weight is 303 g/mol. The first-order valence-electron chi connectivity index (χ1n) is 6.42. The standard InChI is InChI=1S/C12H21N3O6/c1-4-21-10(17)6-15(7(2)3)12(20)14-8(11(18)19)5-9(13)16/h7-8H,4-6H2,1-3H3,(H2,13,16)(H,14,20)(H,18,19)/t8-/m0/s1. The van der Waals surface area contributed by atoms with Crippen molar-refractivity contribution in [1.82, 2.24) is 10.2 Å². The molecule has 0 aromatic heterocycles. The largest absolute Gasteiger partial charge is 0.480 e. The SMILES string of the molecule is CCOC(=O)CN(C(=O)N[C@@H](CC(N)=O)C(=O)O)C(C)C. The van der Waals surface area contributed by atoms with Crippen LogP contribution >= 0.6 is 0 Å². The monoisotopic (exact) mass is 303 g/mol. The van der Waals surface area contributed by atoms with Gasteiger partial charge in [0.2, 0.25) is 5.91 Å². The minimum Gasteiger partial charge on any atom is -0.480 e. The molecule has 4 N–H and O–H groups in total. The summed E-state index contributed by atoms with van der Waals surface area (Å²) < 4.78 is 4.74. The summed E-state index contributed by atoms with van der Waals surface area (Å²) in [4.78, 5) is 46.3. The highest BCUT2D eigenvalue weighted by atomic mass is 16.5. The molecule has 0 saturated heterocycles. The van der Waals surface area contributed by atoms with Crippen molar-refractivity contribution in [3.05, 3.63) is 0 Å². The molecule has 0 aliphatic carbocycles. The van der Waals surface area contributed by atoms with Crippen LogP contribution < -0.4 is 11.1 Å². The maximum atomic E-state index is 12.0. The summed E-state index contributed by atoms with van der Waals surface area (Å²) in [6.07, 6.45) is -0.535. The second-order valence-corrected chi connectivity index (χ2v) is 4.54. The fourth-order valence-electron chi connectivity index (χ4n) is 1.47. The van der Waals surface area contributed by atoms with Gasteiger partial charge in [0.15, 0.2) is 0 Å². The van der Waals surface area contributed by atoms with Crippen molar-refractivity contribution in [2.75, 3.05) is 13.2 Å². The molecular formula is C12H21N3O6. The van der Waals surface area contributed by atoms with Gasteiger partial charge in [0.25, 0.3) is 0 Å². The first-order chi connectivity index (χ1) is 9.68. The lowest BCUT2D eigenvalue weighted by atomic mass is 10.2. The van der Waals surface area contributed by atoms with E-state index in [1.165, 1.54) is 0 Å². The van der Waals surface area contributed by atoms with Crippen LogP contribution in [0.3, 0.4) is 0 Å². The molecule has 0 fully saturated rings. The van der Waals surface area contributed by atoms with Crippen LogP contribution in [0.4, 0.5) is 4.79 Å². The van der Waals surface area contributed by atoms with Crippen LogP contribution in [0, 0.1) is 0 Å². The summed E-state index contributed by atoms with van der Waals surface area (Å²) in [6, 6.07) is -2.59. The number of carboxylic acids is 1. The second kappa shape index (κ2) is 8.77. The van der Waals surface area contributed by atoms with Gasteiger partial charge in [-0.05, 0) is 20.8 Å². The summed E-state index contributed by atoms with van der Waals surface area (Å²) in [6.45, 7) is 4.79. The molecule has 120 valence electrons. The molecule has 0 saturated carbocycles. The summed E-state index contributed by atoms with van der Waals surface area (Å²) in [5, 5.41) is 11.1. The van der Waals surface area contributed by atoms with E-state index in [0.29, 0.717) is 0 Å². The Labute approximate surface area is 122 Å². The number of carboxylic acid groups (broad SMARTS) is 1. The number of aliphatic carboxylic acids is 1. The third-order valence-electron chi connectivity index (χ3n) is 2.49. The molecule has 9 nitrogen and oxygen atoms in total. The van der Waals surface area contributed by atoms with Crippen molar-refractivity contribution in [2.45, 2.75) is 39.3 Å². The molecule has 0 aliphatic rings. The highest BCUT2D eigenvalue weighted by molar-refractivity contribution is 5.88. The molecular weight excluding hydrogens is 282 g/mol. The zero-order valence-electron chi connectivity index (χ0n) is 12.3. The molecule has 0 radical (unpaired) electrons. The fourth-order valence-corrected chi connectivity index (χ4v) is 1.47. The minimum absolute atomic E-state index is 0.172. The molecule has 0 rings (SSSR count). The summed E-state index contributed by atoms with van der Waals surface area (Å²) in [7, 11) is 0. The molecule has 21 heavy (non-hydrogen) atoms. The van der Waals surface area contributed by atoms with Crippen LogP contribution in [0.2, 0.25) is 0 Å². The molecule has 0 unspecified atom stereocenters. The number of hydrogen-bond donors (Lipinski definition) is 3. The fraction of sp³-hybridized carbons (Fsp3) is 0.667. The average Bonchev–Trinajstić information content (AvgIpc) is 2.34. The maximum Gasteiger partial charge on any atom is 0.326 e. The van der Waals surface area contributed by atoms with Gasteiger partial charge in [0.05, 0.1) is 13.0 Å². The highest BCUT2D eigenvalue weighted by Crippen LogP contribution is 2.02. The van der Waals surface area contributed by atoms with E-state index in [0.717, 1.165) is 4.90 Å². The first kappa shape index (κ1) is 18.7. The van der Waals surface area contributed by atoms with Gasteiger partial charge in [-0.2, -0.15) is 0 Å². The van der Waals surface area contributed by atoms with Gasteiger partial charge in [-0.25, -0.2) is 9.59 Å². The Kier molecular flexibility index (Phi) is 7.80. The van der Waals surface area contributed by atoms with Crippen molar-refractivity contribution in [3.8, 4) is 0 Å². The zero-order chi connectivity index (χ0) is 16.6. The quantitative estimate of drug-likeness (QED) is 0.507. The van der Waals surface area contributed by atoms with E-state index in [9.17, 15) is 19.2 Å². The third kappa shape index (κ3) is 7.14. The van der Waals surface area contributed by atoms with E-state index in [1.807, 2.05) is 0 Å². The van der Waals surface area contributed by atoms with Crippen molar-refractivity contribution in [3.63, 3.8) is 0 Å². The summed E-state index contributed by atoms with van der Waals surface area (Å²) >= 11 is 0. The van der Waals surface area contributed by atoms with Crippen molar-refractivity contribution in [1.29, 1.82) is 0 Å². The minimum atomic E-state index is -1.45. The van der Waals surface area contributed by atoms with E-state index in [-0.39, 0.29) is 19.2 Å².